The lowest BCUT2D eigenvalue weighted by atomic mass is 10.4. The Hall–Kier alpha value is -1.47. The van der Waals surface area contributed by atoms with Gasteiger partial charge in [0.1, 0.15) is 0 Å². The van der Waals surface area contributed by atoms with E-state index in [0.717, 1.165) is 0 Å². The molecule has 0 amide bonds. The highest BCUT2D eigenvalue weighted by Gasteiger charge is 2.18. The van der Waals surface area contributed by atoms with E-state index in [-0.39, 0.29) is 31.1 Å². The second-order valence-electron chi connectivity index (χ2n) is 2.64. The van der Waals surface area contributed by atoms with E-state index in [1.165, 1.54) is 7.11 Å². The number of nitrogens with zero attached hydrogens (tertiary/aromatic N) is 2. The number of hydrogen-bond donors (Lipinski definition) is 2. The van der Waals surface area contributed by atoms with Gasteiger partial charge in [-0.2, -0.15) is 0 Å². The third-order valence-electron chi connectivity index (χ3n) is 1.62. The number of rotatable bonds is 5. The first kappa shape index (κ1) is 10.6. The summed E-state index contributed by atoms with van der Waals surface area (Å²) in [6, 6.07) is 0. The van der Waals surface area contributed by atoms with Crippen LogP contribution in [0.25, 0.3) is 0 Å². The number of hydrogen-bond acceptors (Lipinski definition) is 5. The largest absolute Gasteiger partial charge is 0.396 e. The third kappa shape index (κ3) is 2.27. The Morgan fingerprint density at radius 1 is 1.71 bits per heavy atom. The molecule has 0 atom stereocenters. The minimum Gasteiger partial charge on any atom is -0.396 e. The van der Waals surface area contributed by atoms with E-state index >= 15 is 0 Å². The first-order valence-corrected chi connectivity index (χ1v) is 4.01. The molecule has 0 fully saturated rings. The van der Waals surface area contributed by atoms with Gasteiger partial charge in [-0.1, -0.05) is 0 Å². The van der Waals surface area contributed by atoms with Gasteiger partial charge in [-0.05, 0) is 4.92 Å². The molecule has 0 aromatic carbocycles. The van der Waals surface area contributed by atoms with E-state index in [0.29, 0.717) is 5.82 Å². The molecule has 1 aromatic rings. The number of imidazole rings is 1. The smallest absolute Gasteiger partial charge is 0.346 e. The molecular formula is C7H11N3O4. The Morgan fingerprint density at radius 2 is 2.43 bits per heavy atom. The number of methoxy groups -OCH3 is 1. The lowest BCUT2D eigenvalue weighted by molar-refractivity contribution is -0.390. The molecule has 1 rings (SSSR count). The predicted octanol–water partition coefficient (Wildman–Crippen LogP) is -0.000900. The van der Waals surface area contributed by atoms with E-state index in [9.17, 15) is 10.1 Å². The van der Waals surface area contributed by atoms with Gasteiger partial charge in [0.2, 0.25) is 0 Å². The van der Waals surface area contributed by atoms with Crippen molar-refractivity contribution in [3.05, 3.63) is 21.6 Å². The number of nitrogens with one attached hydrogen (secondary N) is 1. The highest BCUT2D eigenvalue weighted by Crippen LogP contribution is 2.15. The third-order valence-corrected chi connectivity index (χ3v) is 1.62. The zero-order chi connectivity index (χ0) is 10.6. The summed E-state index contributed by atoms with van der Waals surface area (Å²) in [5, 5.41) is 19.2. The summed E-state index contributed by atoms with van der Waals surface area (Å²) in [5.41, 5.74) is 0.251. The number of aliphatic hydroxyl groups is 1. The average molecular weight is 201 g/mol. The first-order valence-electron chi connectivity index (χ1n) is 4.01. The average Bonchev–Trinajstić information content (AvgIpc) is 2.49. The fraction of sp³-hybridized carbons (Fsp3) is 0.571. The molecule has 0 saturated carbocycles. The fourth-order valence-electron chi connectivity index (χ4n) is 1.07. The van der Waals surface area contributed by atoms with Gasteiger partial charge in [-0.25, -0.2) is 9.97 Å². The molecule has 0 aliphatic carbocycles. The Morgan fingerprint density at radius 3 is 2.93 bits per heavy atom. The van der Waals surface area contributed by atoms with Crippen LogP contribution in [0.2, 0.25) is 0 Å². The topological polar surface area (TPSA) is 101 Å². The van der Waals surface area contributed by atoms with E-state index in [4.69, 9.17) is 9.84 Å². The minimum atomic E-state index is -0.553. The molecule has 7 nitrogen and oxygen atoms in total. The zero-order valence-electron chi connectivity index (χ0n) is 7.69. The number of H-pyrrole nitrogens is 1. The minimum absolute atomic E-state index is 0.0816. The maximum atomic E-state index is 10.5. The molecule has 0 aliphatic rings. The summed E-state index contributed by atoms with van der Waals surface area (Å²) in [6.45, 7) is -0.0185. The van der Waals surface area contributed by atoms with E-state index in [2.05, 4.69) is 9.97 Å². The van der Waals surface area contributed by atoms with Crippen LogP contribution in [0.1, 0.15) is 11.5 Å². The van der Waals surface area contributed by atoms with Crippen LogP contribution in [0.4, 0.5) is 5.82 Å². The van der Waals surface area contributed by atoms with Crippen molar-refractivity contribution in [1.82, 2.24) is 9.97 Å². The van der Waals surface area contributed by atoms with Crippen LogP contribution >= 0.6 is 0 Å². The van der Waals surface area contributed by atoms with Crippen molar-refractivity contribution in [2.24, 2.45) is 0 Å². The number of ether oxygens (including phenoxy) is 1. The van der Waals surface area contributed by atoms with Crippen molar-refractivity contribution < 1.29 is 14.8 Å². The van der Waals surface area contributed by atoms with Gasteiger partial charge >= 0.3 is 5.82 Å². The molecule has 1 aromatic heterocycles. The lowest BCUT2D eigenvalue weighted by Crippen LogP contribution is -1.95. The normalized spacial score (nSPS) is 10.4. The number of nitro groups is 1. The van der Waals surface area contributed by atoms with Gasteiger partial charge in [-0.15, -0.1) is 0 Å². The van der Waals surface area contributed by atoms with Crippen molar-refractivity contribution in [3.8, 4) is 0 Å². The van der Waals surface area contributed by atoms with Crippen LogP contribution < -0.4 is 0 Å². The standard InChI is InChI=1S/C7H11N3O4/c1-14-4-5-7(10(12)13)9-6(8-5)2-3-11/h11H,2-4H2,1H3,(H,8,9). The fourth-order valence-corrected chi connectivity index (χ4v) is 1.07. The molecule has 0 radical (unpaired) electrons. The molecule has 78 valence electrons. The molecule has 0 aliphatic heterocycles. The summed E-state index contributed by atoms with van der Waals surface area (Å²) in [6.07, 6.45) is 0.268. The van der Waals surface area contributed by atoms with Crippen LogP contribution in [0.5, 0.6) is 0 Å². The van der Waals surface area contributed by atoms with Crippen molar-refractivity contribution >= 4 is 5.82 Å². The van der Waals surface area contributed by atoms with Crippen molar-refractivity contribution in [1.29, 1.82) is 0 Å². The molecule has 0 unspecified atom stereocenters. The molecule has 0 bridgehead atoms. The summed E-state index contributed by atoms with van der Waals surface area (Å²) < 4.78 is 4.76. The zero-order valence-corrected chi connectivity index (χ0v) is 7.69. The summed E-state index contributed by atoms with van der Waals surface area (Å²) in [7, 11) is 1.43. The van der Waals surface area contributed by atoms with Crippen LogP contribution in [0.15, 0.2) is 0 Å². The van der Waals surface area contributed by atoms with Gasteiger partial charge in [0.05, 0.1) is 19.6 Å². The van der Waals surface area contributed by atoms with E-state index in [1.54, 1.807) is 0 Å². The van der Waals surface area contributed by atoms with Crippen LogP contribution in [-0.2, 0) is 17.8 Å². The number of aliphatic hydroxyl groups excluding tert-OH is 1. The second kappa shape index (κ2) is 4.68. The van der Waals surface area contributed by atoms with Gasteiger partial charge < -0.3 is 20.0 Å². The Bertz CT molecular complexity index is 323. The quantitative estimate of drug-likeness (QED) is 0.515. The predicted molar refractivity (Wildman–Crippen MR) is 46.7 cm³/mol. The Labute approximate surface area is 79.9 Å². The highest BCUT2D eigenvalue weighted by atomic mass is 16.6. The second-order valence-corrected chi connectivity index (χ2v) is 2.64. The van der Waals surface area contributed by atoms with Gasteiger partial charge in [0, 0.05) is 7.11 Å². The van der Waals surface area contributed by atoms with Crippen molar-refractivity contribution in [3.63, 3.8) is 0 Å². The number of aromatic amines is 1. The summed E-state index contributed by atoms with van der Waals surface area (Å²) in [5.74, 6) is 0.224. The van der Waals surface area contributed by atoms with Crippen molar-refractivity contribution in [2.75, 3.05) is 13.7 Å². The Balaban J connectivity index is 2.93. The van der Waals surface area contributed by atoms with Gasteiger partial charge in [-0.3, -0.25) is 0 Å². The molecule has 0 spiro atoms. The summed E-state index contributed by atoms with van der Waals surface area (Å²) >= 11 is 0. The highest BCUT2D eigenvalue weighted by molar-refractivity contribution is 5.27. The maximum Gasteiger partial charge on any atom is 0.346 e. The molecule has 14 heavy (non-hydrogen) atoms. The SMILES string of the molecule is COCc1nc(CCO)[nH]c1[N+](=O)[O-]. The van der Waals surface area contributed by atoms with Crippen LogP contribution in [0.3, 0.4) is 0 Å². The van der Waals surface area contributed by atoms with Crippen LogP contribution in [0, 0.1) is 10.1 Å². The molecule has 0 saturated heterocycles. The van der Waals surface area contributed by atoms with Crippen molar-refractivity contribution in [2.45, 2.75) is 13.0 Å². The molecule has 2 N–H and O–H groups in total. The summed E-state index contributed by atoms with van der Waals surface area (Å²) in [4.78, 5) is 16.4. The monoisotopic (exact) mass is 201 g/mol. The Kier molecular flexibility index (Phi) is 3.55. The maximum absolute atomic E-state index is 10.5. The van der Waals surface area contributed by atoms with Gasteiger partial charge in [0.15, 0.2) is 11.5 Å². The van der Waals surface area contributed by atoms with Crippen LogP contribution in [-0.4, -0.2) is 33.7 Å². The molecule has 1 heterocycles. The number of aromatic nitrogens is 2. The lowest BCUT2D eigenvalue weighted by Gasteiger charge is -1.93. The molecule has 7 heteroatoms. The van der Waals surface area contributed by atoms with Gasteiger partial charge in [0.25, 0.3) is 0 Å². The van der Waals surface area contributed by atoms with E-state index < -0.39 is 4.92 Å². The first-order chi connectivity index (χ1) is 6.69. The van der Waals surface area contributed by atoms with E-state index in [1.807, 2.05) is 0 Å². The molecular weight excluding hydrogens is 190 g/mol.